The van der Waals surface area contributed by atoms with Crippen LogP contribution in [0.4, 0.5) is 0 Å². The molecule has 2 rings (SSSR count). The van der Waals surface area contributed by atoms with Crippen LogP contribution in [0.2, 0.25) is 5.02 Å². The molecule has 0 atom stereocenters. The molecule has 0 saturated heterocycles. The Kier molecular flexibility index (Phi) is 3.12. The van der Waals surface area contributed by atoms with Crippen LogP contribution in [-0.4, -0.2) is 4.99 Å². The van der Waals surface area contributed by atoms with Gasteiger partial charge in [0.25, 0.3) is 5.95 Å². The minimum Gasteiger partial charge on any atom is -0.426 e. The molecule has 16 heavy (non-hydrogen) atoms. The van der Waals surface area contributed by atoms with Gasteiger partial charge in [-0.2, -0.15) is 0 Å². The zero-order chi connectivity index (χ0) is 11.5. The highest BCUT2D eigenvalue weighted by atomic mass is 35.5. The van der Waals surface area contributed by atoms with E-state index in [1.807, 2.05) is 0 Å². The summed E-state index contributed by atoms with van der Waals surface area (Å²) in [7, 11) is 0. The van der Waals surface area contributed by atoms with Gasteiger partial charge < -0.3 is 14.9 Å². The zero-order valence-corrected chi connectivity index (χ0v) is 9.72. The average Bonchev–Trinajstić information content (AvgIpc) is 2.70. The van der Waals surface area contributed by atoms with Gasteiger partial charge in [-0.15, -0.1) is 0 Å². The van der Waals surface area contributed by atoms with Gasteiger partial charge in [0.05, 0.1) is 0 Å². The van der Waals surface area contributed by atoms with Gasteiger partial charge in [0.1, 0.15) is 10.7 Å². The molecule has 0 spiro atoms. The Morgan fingerprint density at radius 3 is 2.44 bits per heavy atom. The number of furan rings is 1. The summed E-state index contributed by atoms with van der Waals surface area (Å²) in [5, 5.41) is 0.649. The second-order valence-electron chi connectivity index (χ2n) is 3.04. The standard InChI is InChI=1S/C11H8ClNO2S/c12-7-1-3-8(4-2-7)14-10-6-5-9(15-10)11(13)16/h1-6H,(H2,13,16). The van der Waals surface area contributed by atoms with Gasteiger partial charge in [-0.1, -0.05) is 23.8 Å². The molecule has 1 aromatic carbocycles. The minimum atomic E-state index is 0.200. The highest BCUT2D eigenvalue weighted by molar-refractivity contribution is 7.80. The van der Waals surface area contributed by atoms with Gasteiger partial charge in [0.2, 0.25) is 0 Å². The molecular formula is C11H8ClNO2S. The number of thiocarbonyl (C=S) groups is 1. The number of hydrogen-bond donors (Lipinski definition) is 1. The maximum atomic E-state index is 5.75. The van der Waals surface area contributed by atoms with E-state index in [1.54, 1.807) is 36.4 Å². The van der Waals surface area contributed by atoms with Crippen molar-refractivity contribution in [3.63, 3.8) is 0 Å². The molecule has 2 aromatic rings. The number of hydrogen-bond acceptors (Lipinski definition) is 3. The van der Waals surface area contributed by atoms with Crippen LogP contribution in [0.3, 0.4) is 0 Å². The first-order valence-corrected chi connectivity index (χ1v) is 5.27. The van der Waals surface area contributed by atoms with Gasteiger partial charge in [-0.25, -0.2) is 0 Å². The molecule has 82 valence electrons. The Hall–Kier alpha value is -1.52. The Bertz CT molecular complexity index is 507. The Labute approximate surface area is 103 Å². The second-order valence-corrected chi connectivity index (χ2v) is 3.92. The molecule has 2 N–H and O–H groups in total. The van der Waals surface area contributed by atoms with Gasteiger partial charge >= 0.3 is 0 Å². The van der Waals surface area contributed by atoms with E-state index >= 15 is 0 Å². The average molecular weight is 254 g/mol. The summed E-state index contributed by atoms with van der Waals surface area (Å²) in [6.45, 7) is 0. The van der Waals surface area contributed by atoms with Crippen molar-refractivity contribution in [3.8, 4) is 11.7 Å². The SMILES string of the molecule is NC(=S)c1ccc(Oc2ccc(Cl)cc2)o1. The lowest BCUT2D eigenvalue weighted by atomic mass is 10.3. The Morgan fingerprint density at radius 1 is 1.19 bits per heavy atom. The third kappa shape index (κ3) is 2.53. The molecule has 5 heteroatoms. The van der Waals surface area contributed by atoms with Crippen molar-refractivity contribution >= 4 is 28.8 Å². The lowest BCUT2D eigenvalue weighted by Crippen LogP contribution is -2.07. The third-order valence-electron chi connectivity index (χ3n) is 1.86. The van der Waals surface area contributed by atoms with Crippen LogP contribution in [0, 0.1) is 0 Å². The number of halogens is 1. The molecule has 0 bridgehead atoms. The first-order chi connectivity index (χ1) is 7.65. The lowest BCUT2D eigenvalue weighted by molar-refractivity contribution is 0.344. The van der Waals surface area contributed by atoms with E-state index in [9.17, 15) is 0 Å². The molecule has 0 aliphatic carbocycles. The summed E-state index contributed by atoms with van der Waals surface area (Å²) < 4.78 is 10.7. The van der Waals surface area contributed by atoms with E-state index < -0.39 is 0 Å². The monoisotopic (exact) mass is 253 g/mol. The molecule has 0 amide bonds. The van der Waals surface area contributed by atoms with Crippen molar-refractivity contribution < 1.29 is 9.15 Å². The van der Waals surface area contributed by atoms with Gasteiger partial charge in [-0.05, 0) is 30.3 Å². The molecular weight excluding hydrogens is 246 g/mol. The van der Waals surface area contributed by atoms with Crippen molar-refractivity contribution in [3.05, 3.63) is 47.2 Å². The lowest BCUT2D eigenvalue weighted by Gasteiger charge is -2.01. The molecule has 1 heterocycles. The van der Waals surface area contributed by atoms with Crippen LogP contribution in [0.1, 0.15) is 5.76 Å². The highest BCUT2D eigenvalue weighted by Crippen LogP contribution is 2.24. The summed E-state index contributed by atoms with van der Waals surface area (Å²) in [4.78, 5) is 0.200. The zero-order valence-electron chi connectivity index (χ0n) is 8.14. The number of benzene rings is 1. The van der Waals surface area contributed by atoms with Crippen LogP contribution in [-0.2, 0) is 0 Å². The van der Waals surface area contributed by atoms with Crippen molar-refractivity contribution in [1.82, 2.24) is 0 Å². The van der Waals surface area contributed by atoms with E-state index in [2.05, 4.69) is 0 Å². The summed E-state index contributed by atoms with van der Waals surface area (Å²) in [6, 6.07) is 10.3. The normalized spacial score (nSPS) is 10.1. The van der Waals surface area contributed by atoms with Crippen molar-refractivity contribution in [2.24, 2.45) is 5.73 Å². The minimum absolute atomic E-state index is 0.200. The van der Waals surface area contributed by atoms with E-state index in [-0.39, 0.29) is 4.99 Å². The van der Waals surface area contributed by atoms with Crippen molar-refractivity contribution in [2.45, 2.75) is 0 Å². The topological polar surface area (TPSA) is 48.4 Å². The summed E-state index contributed by atoms with van der Waals surface area (Å²) in [5.74, 6) is 1.40. The Balaban J connectivity index is 2.14. The fourth-order valence-corrected chi connectivity index (χ4v) is 1.36. The highest BCUT2D eigenvalue weighted by Gasteiger charge is 2.05. The molecule has 3 nitrogen and oxygen atoms in total. The fourth-order valence-electron chi connectivity index (χ4n) is 1.13. The van der Waals surface area contributed by atoms with Crippen LogP contribution in [0.15, 0.2) is 40.8 Å². The van der Waals surface area contributed by atoms with Crippen molar-refractivity contribution in [1.29, 1.82) is 0 Å². The smallest absolute Gasteiger partial charge is 0.290 e. The summed E-state index contributed by atoms with van der Waals surface area (Å²) >= 11 is 10.5. The van der Waals surface area contributed by atoms with E-state index in [0.29, 0.717) is 22.5 Å². The van der Waals surface area contributed by atoms with E-state index in [0.717, 1.165) is 0 Å². The first kappa shape index (κ1) is 11.0. The molecule has 0 unspecified atom stereocenters. The third-order valence-corrected chi connectivity index (χ3v) is 2.31. The maximum Gasteiger partial charge on any atom is 0.290 e. The molecule has 0 aliphatic rings. The van der Waals surface area contributed by atoms with E-state index in [1.165, 1.54) is 0 Å². The first-order valence-electron chi connectivity index (χ1n) is 4.48. The molecule has 0 saturated carbocycles. The molecule has 0 fully saturated rings. The van der Waals surface area contributed by atoms with Crippen LogP contribution >= 0.6 is 23.8 Å². The van der Waals surface area contributed by atoms with Crippen LogP contribution in [0.5, 0.6) is 11.7 Å². The predicted octanol–water partition coefficient (Wildman–Crippen LogP) is 3.36. The predicted molar refractivity (Wildman–Crippen MR) is 66.1 cm³/mol. The summed E-state index contributed by atoms with van der Waals surface area (Å²) in [5.41, 5.74) is 5.41. The fraction of sp³-hybridized carbons (Fsp3) is 0. The molecule has 0 aliphatic heterocycles. The molecule has 0 radical (unpaired) electrons. The maximum absolute atomic E-state index is 5.75. The number of nitrogens with two attached hydrogens (primary N) is 1. The van der Waals surface area contributed by atoms with Crippen LogP contribution < -0.4 is 10.5 Å². The quantitative estimate of drug-likeness (QED) is 0.852. The largest absolute Gasteiger partial charge is 0.426 e. The van der Waals surface area contributed by atoms with Gasteiger partial charge in [0.15, 0.2) is 5.76 Å². The van der Waals surface area contributed by atoms with Crippen LogP contribution in [0.25, 0.3) is 0 Å². The van der Waals surface area contributed by atoms with Crippen molar-refractivity contribution in [2.75, 3.05) is 0 Å². The molecule has 1 aromatic heterocycles. The Morgan fingerprint density at radius 2 is 1.88 bits per heavy atom. The van der Waals surface area contributed by atoms with E-state index in [4.69, 9.17) is 38.7 Å². The summed E-state index contributed by atoms with van der Waals surface area (Å²) in [6.07, 6.45) is 0. The number of rotatable bonds is 3. The number of ether oxygens (including phenoxy) is 1. The second kappa shape index (κ2) is 4.55. The van der Waals surface area contributed by atoms with Gasteiger partial charge in [0, 0.05) is 11.1 Å². The van der Waals surface area contributed by atoms with Gasteiger partial charge in [-0.3, -0.25) is 0 Å².